The summed E-state index contributed by atoms with van der Waals surface area (Å²) in [6.07, 6.45) is 3.29. The van der Waals surface area contributed by atoms with Crippen LogP contribution in [0.15, 0.2) is 24.3 Å². The van der Waals surface area contributed by atoms with Gasteiger partial charge in [-0.2, -0.15) is 0 Å². The molecule has 1 N–H and O–H groups in total. The van der Waals surface area contributed by atoms with E-state index in [2.05, 4.69) is 35.3 Å². The van der Waals surface area contributed by atoms with Gasteiger partial charge >= 0.3 is 0 Å². The van der Waals surface area contributed by atoms with E-state index in [-0.39, 0.29) is 5.91 Å². The molecule has 6 nitrogen and oxygen atoms in total. The quantitative estimate of drug-likeness (QED) is 0.850. The van der Waals surface area contributed by atoms with Crippen LogP contribution in [0.5, 0.6) is 0 Å². The second-order valence-corrected chi connectivity index (χ2v) is 7.74. The number of nitrogens with one attached hydrogen (secondary N) is 1. The standard InChI is InChI=1S/C21H31N5O/c1-15(2)18-7-5-6-8-19(18)26-16(3)23-20(24-26)21(27)25-13-10-17(11-14-25)9-12-22-4/h5-8,15,17,22H,9-14H2,1-4H3. The second-order valence-electron chi connectivity index (χ2n) is 7.74. The van der Waals surface area contributed by atoms with Gasteiger partial charge in [0.15, 0.2) is 0 Å². The van der Waals surface area contributed by atoms with E-state index < -0.39 is 0 Å². The molecule has 3 rings (SSSR count). The van der Waals surface area contributed by atoms with Gasteiger partial charge in [0.2, 0.25) is 5.82 Å². The molecule has 0 saturated carbocycles. The number of hydrogen-bond acceptors (Lipinski definition) is 4. The van der Waals surface area contributed by atoms with Crippen molar-refractivity contribution in [1.82, 2.24) is 25.0 Å². The first kappa shape index (κ1) is 19.5. The van der Waals surface area contributed by atoms with E-state index in [1.54, 1.807) is 0 Å². The number of aromatic nitrogens is 3. The topological polar surface area (TPSA) is 63.1 Å². The Morgan fingerprint density at radius 1 is 1.26 bits per heavy atom. The number of hydrogen-bond donors (Lipinski definition) is 1. The fourth-order valence-corrected chi connectivity index (χ4v) is 3.79. The fraction of sp³-hybridized carbons (Fsp3) is 0.571. The maximum absolute atomic E-state index is 12.9. The van der Waals surface area contributed by atoms with Crippen LogP contribution in [-0.2, 0) is 0 Å². The number of aryl methyl sites for hydroxylation is 1. The van der Waals surface area contributed by atoms with Crippen molar-refractivity contribution < 1.29 is 4.79 Å². The Morgan fingerprint density at radius 2 is 1.96 bits per heavy atom. The zero-order chi connectivity index (χ0) is 19.4. The number of likely N-dealkylation sites (tertiary alicyclic amines) is 1. The number of piperidine rings is 1. The molecular formula is C21H31N5O. The van der Waals surface area contributed by atoms with Crippen molar-refractivity contribution in [3.8, 4) is 5.69 Å². The Hall–Kier alpha value is -2.21. The molecule has 27 heavy (non-hydrogen) atoms. The molecule has 1 aliphatic heterocycles. The van der Waals surface area contributed by atoms with Crippen LogP contribution in [0.4, 0.5) is 0 Å². The van der Waals surface area contributed by atoms with Crippen LogP contribution in [0.3, 0.4) is 0 Å². The SMILES string of the molecule is CNCCC1CCN(C(=O)c2nc(C)n(-c3ccccc3C(C)C)n2)CC1. The zero-order valence-corrected chi connectivity index (χ0v) is 16.9. The third-order valence-electron chi connectivity index (χ3n) is 5.45. The highest BCUT2D eigenvalue weighted by Gasteiger charge is 2.26. The summed E-state index contributed by atoms with van der Waals surface area (Å²) in [7, 11) is 1.99. The van der Waals surface area contributed by atoms with Gasteiger partial charge in [-0.05, 0) is 63.2 Å². The minimum Gasteiger partial charge on any atom is -0.336 e. The average molecular weight is 370 g/mol. The number of nitrogens with zero attached hydrogens (tertiary/aromatic N) is 4. The summed E-state index contributed by atoms with van der Waals surface area (Å²) in [5.74, 6) is 2.08. The fourth-order valence-electron chi connectivity index (χ4n) is 3.79. The van der Waals surface area contributed by atoms with Gasteiger partial charge in [-0.25, -0.2) is 9.67 Å². The number of carbonyl (C=O) groups excluding carboxylic acids is 1. The van der Waals surface area contributed by atoms with Crippen LogP contribution in [0.1, 0.15) is 61.0 Å². The highest BCUT2D eigenvalue weighted by atomic mass is 16.2. The van der Waals surface area contributed by atoms with Crippen molar-refractivity contribution >= 4 is 5.91 Å². The van der Waals surface area contributed by atoms with Crippen molar-refractivity contribution in [3.05, 3.63) is 41.5 Å². The van der Waals surface area contributed by atoms with Gasteiger partial charge in [0.05, 0.1) is 5.69 Å². The largest absolute Gasteiger partial charge is 0.336 e. The number of para-hydroxylation sites is 1. The second kappa shape index (κ2) is 8.65. The summed E-state index contributed by atoms with van der Waals surface area (Å²) in [5, 5.41) is 7.78. The summed E-state index contributed by atoms with van der Waals surface area (Å²) in [6, 6.07) is 8.19. The van der Waals surface area contributed by atoms with Crippen LogP contribution in [0.2, 0.25) is 0 Å². The summed E-state index contributed by atoms with van der Waals surface area (Å²) in [6.45, 7) is 8.86. The Kier molecular flexibility index (Phi) is 6.26. The van der Waals surface area contributed by atoms with E-state index >= 15 is 0 Å². The summed E-state index contributed by atoms with van der Waals surface area (Å²) in [4.78, 5) is 19.3. The van der Waals surface area contributed by atoms with E-state index in [9.17, 15) is 4.79 Å². The lowest BCUT2D eigenvalue weighted by molar-refractivity contribution is 0.0675. The Balaban J connectivity index is 1.75. The van der Waals surface area contributed by atoms with Crippen molar-refractivity contribution in [1.29, 1.82) is 0 Å². The van der Waals surface area contributed by atoms with Gasteiger partial charge in [-0.1, -0.05) is 32.0 Å². The predicted octanol–water partition coefficient (Wildman–Crippen LogP) is 3.16. The maximum Gasteiger partial charge on any atom is 0.293 e. The lowest BCUT2D eigenvalue weighted by Gasteiger charge is -2.31. The molecule has 2 aromatic rings. The molecule has 1 amide bonds. The first-order valence-corrected chi connectivity index (χ1v) is 9.98. The van der Waals surface area contributed by atoms with Crippen molar-refractivity contribution in [2.24, 2.45) is 5.92 Å². The number of carbonyl (C=O) groups is 1. The Labute approximate surface area is 162 Å². The molecule has 0 spiro atoms. The van der Waals surface area contributed by atoms with E-state index in [1.807, 2.05) is 41.8 Å². The lowest BCUT2D eigenvalue weighted by Crippen LogP contribution is -2.39. The average Bonchev–Trinajstić information content (AvgIpc) is 3.07. The molecule has 1 aromatic carbocycles. The summed E-state index contributed by atoms with van der Waals surface area (Å²) >= 11 is 0. The molecule has 0 unspecified atom stereocenters. The molecular weight excluding hydrogens is 338 g/mol. The minimum absolute atomic E-state index is 0.0501. The monoisotopic (exact) mass is 369 g/mol. The van der Waals surface area contributed by atoms with Gasteiger partial charge in [-0.3, -0.25) is 4.79 Å². The molecule has 146 valence electrons. The van der Waals surface area contributed by atoms with Crippen LogP contribution >= 0.6 is 0 Å². The van der Waals surface area contributed by atoms with Gasteiger partial charge < -0.3 is 10.2 Å². The summed E-state index contributed by atoms with van der Waals surface area (Å²) < 4.78 is 1.81. The molecule has 2 heterocycles. The molecule has 1 saturated heterocycles. The third kappa shape index (κ3) is 4.38. The highest BCUT2D eigenvalue weighted by molar-refractivity contribution is 5.90. The van der Waals surface area contributed by atoms with Crippen LogP contribution in [0.25, 0.3) is 5.69 Å². The zero-order valence-electron chi connectivity index (χ0n) is 16.9. The molecule has 0 aliphatic carbocycles. The number of amides is 1. The van der Waals surface area contributed by atoms with Gasteiger partial charge in [0.25, 0.3) is 5.91 Å². The normalized spacial score (nSPS) is 15.5. The van der Waals surface area contributed by atoms with Crippen molar-refractivity contribution in [3.63, 3.8) is 0 Å². The van der Waals surface area contributed by atoms with Crippen LogP contribution in [-0.4, -0.2) is 52.3 Å². The van der Waals surface area contributed by atoms with Crippen molar-refractivity contribution in [2.45, 2.75) is 46.0 Å². The Morgan fingerprint density at radius 3 is 2.63 bits per heavy atom. The predicted molar refractivity (Wildman–Crippen MR) is 107 cm³/mol. The summed E-state index contributed by atoms with van der Waals surface area (Å²) in [5.41, 5.74) is 2.21. The molecule has 6 heteroatoms. The third-order valence-corrected chi connectivity index (χ3v) is 5.45. The molecule has 0 atom stereocenters. The van der Waals surface area contributed by atoms with Gasteiger partial charge in [-0.15, -0.1) is 5.10 Å². The number of rotatable bonds is 6. The molecule has 0 radical (unpaired) electrons. The van der Waals surface area contributed by atoms with Crippen LogP contribution < -0.4 is 5.32 Å². The Bertz CT molecular complexity index is 775. The lowest BCUT2D eigenvalue weighted by atomic mass is 9.93. The van der Waals surface area contributed by atoms with E-state index in [1.165, 1.54) is 12.0 Å². The van der Waals surface area contributed by atoms with E-state index in [0.29, 0.717) is 17.7 Å². The van der Waals surface area contributed by atoms with Gasteiger partial charge in [0.1, 0.15) is 5.82 Å². The molecule has 1 aromatic heterocycles. The molecule has 1 aliphatic rings. The van der Waals surface area contributed by atoms with E-state index in [0.717, 1.165) is 44.0 Å². The maximum atomic E-state index is 12.9. The minimum atomic E-state index is -0.0501. The van der Waals surface area contributed by atoms with E-state index in [4.69, 9.17) is 0 Å². The van der Waals surface area contributed by atoms with Crippen molar-refractivity contribution in [2.75, 3.05) is 26.7 Å². The first-order valence-electron chi connectivity index (χ1n) is 9.98. The van der Waals surface area contributed by atoms with Crippen LogP contribution in [0, 0.1) is 12.8 Å². The molecule has 0 bridgehead atoms. The molecule has 1 fully saturated rings. The first-order chi connectivity index (χ1) is 13.0. The number of benzene rings is 1. The highest BCUT2D eigenvalue weighted by Crippen LogP contribution is 2.24. The van der Waals surface area contributed by atoms with Gasteiger partial charge in [0, 0.05) is 13.1 Å². The smallest absolute Gasteiger partial charge is 0.293 e.